The van der Waals surface area contributed by atoms with Crippen LogP contribution in [0, 0.1) is 17.6 Å². The first-order chi connectivity index (χ1) is 17.0. The van der Waals surface area contributed by atoms with Gasteiger partial charge in [-0.05, 0) is 43.0 Å². The predicted molar refractivity (Wildman–Crippen MR) is 118 cm³/mol. The fourth-order valence-corrected chi connectivity index (χ4v) is 4.17. The zero-order valence-electron chi connectivity index (χ0n) is 18.7. The maximum Gasteiger partial charge on any atom is 0.430 e. The minimum atomic E-state index is -5.19. The van der Waals surface area contributed by atoms with Crippen molar-refractivity contribution in [3.8, 4) is 0 Å². The highest BCUT2D eigenvalue weighted by Crippen LogP contribution is 2.25. The van der Waals surface area contributed by atoms with Gasteiger partial charge in [-0.15, -0.1) is 4.98 Å². The average molecular weight is 508 g/mol. The number of hydrogen-bond donors (Lipinski definition) is 2. The lowest BCUT2D eigenvalue weighted by Crippen LogP contribution is -2.37. The summed E-state index contributed by atoms with van der Waals surface area (Å²) in [7, 11) is 0. The summed E-state index contributed by atoms with van der Waals surface area (Å²) >= 11 is 0. The molecule has 0 aliphatic carbocycles. The molecule has 13 heteroatoms. The molecule has 0 amide bonds. The highest BCUT2D eigenvalue weighted by atomic mass is 19.4. The van der Waals surface area contributed by atoms with Gasteiger partial charge in [0.15, 0.2) is 11.3 Å². The SMILES string of the molecule is Nc1nc2c(F)cccc2c2[nH]c(CC3CCN(c4ccc(F)cn4)CC3)c[n+]12.O=C([O-])C(F)(F)F. The normalized spacial score (nSPS) is 14.6. The summed E-state index contributed by atoms with van der Waals surface area (Å²) in [5.74, 6) is -2.11. The molecule has 0 atom stereocenters. The number of aromatic amines is 1. The van der Waals surface area contributed by atoms with E-state index in [0.29, 0.717) is 11.3 Å². The summed E-state index contributed by atoms with van der Waals surface area (Å²) in [6, 6.07) is 8.08. The molecule has 1 aromatic carbocycles. The van der Waals surface area contributed by atoms with Crippen LogP contribution in [-0.2, 0) is 11.2 Å². The second kappa shape index (κ2) is 9.91. The Balaban J connectivity index is 0.000000384. The number of carboxylic acid groups (broad SMARTS) is 1. The topological polar surface area (TPSA) is 115 Å². The van der Waals surface area contributed by atoms with Crippen LogP contribution in [0.2, 0.25) is 0 Å². The van der Waals surface area contributed by atoms with Crippen LogP contribution in [-0.4, -0.2) is 40.2 Å². The van der Waals surface area contributed by atoms with E-state index in [9.17, 15) is 22.0 Å². The lowest BCUT2D eigenvalue weighted by atomic mass is 9.92. The number of carbonyl (C=O) groups excluding carboxylic acids is 1. The van der Waals surface area contributed by atoms with Crippen LogP contribution in [0.4, 0.5) is 33.7 Å². The van der Waals surface area contributed by atoms with Crippen LogP contribution in [0.25, 0.3) is 16.6 Å². The second-order valence-corrected chi connectivity index (χ2v) is 8.36. The van der Waals surface area contributed by atoms with Gasteiger partial charge in [0.25, 0.3) is 0 Å². The second-order valence-electron chi connectivity index (χ2n) is 8.36. The number of H-pyrrole nitrogens is 1. The van der Waals surface area contributed by atoms with Crippen molar-refractivity contribution in [2.24, 2.45) is 5.92 Å². The lowest BCUT2D eigenvalue weighted by molar-refractivity contribution is -0.495. The predicted octanol–water partition coefficient (Wildman–Crippen LogP) is 2.31. The zero-order chi connectivity index (χ0) is 26.0. The van der Waals surface area contributed by atoms with Gasteiger partial charge in [0.1, 0.15) is 17.6 Å². The molecule has 3 aromatic heterocycles. The largest absolute Gasteiger partial charge is 0.542 e. The van der Waals surface area contributed by atoms with Gasteiger partial charge in [0, 0.05) is 19.5 Å². The molecule has 0 unspecified atom stereocenters. The molecule has 0 radical (unpaired) electrons. The van der Waals surface area contributed by atoms with Gasteiger partial charge in [-0.1, -0.05) is 6.07 Å². The van der Waals surface area contributed by atoms with E-state index < -0.39 is 12.1 Å². The standard InChI is InChI=1S/C21H20F2N6.C2HF3O2/c22-14-4-5-18(25-11-14)28-8-6-13(7-9-28)10-15-12-29-20(26-15)16-2-1-3-17(23)19(16)27-21(29)24;3-2(4,5)1(6)7/h1-5,11-13H,6-10H2,(H2,24,26,27);(H,6,7). The Morgan fingerprint density at radius 3 is 2.50 bits per heavy atom. The van der Waals surface area contributed by atoms with Crippen LogP contribution in [0.5, 0.6) is 0 Å². The smallest absolute Gasteiger partial charge is 0.430 e. The molecule has 8 nitrogen and oxygen atoms in total. The van der Waals surface area contributed by atoms with Crippen molar-refractivity contribution in [2.45, 2.75) is 25.4 Å². The summed E-state index contributed by atoms with van der Waals surface area (Å²) in [5.41, 5.74) is 8.14. The van der Waals surface area contributed by atoms with Gasteiger partial charge < -0.3 is 20.5 Å². The first-order valence-electron chi connectivity index (χ1n) is 10.9. The molecular weight excluding hydrogens is 487 g/mol. The van der Waals surface area contributed by atoms with Crippen LogP contribution < -0.4 is 20.1 Å². The van der Waals surface area contributed by atoms with Crippen molar-refractivity contribution in [1.29, 1.82) is 0 Å². The molecule has 4 aromatic rings. The molecule has 3 N–H and O–H groups in total. The van der Waals surface area contributed by atoms with Crippen molar-refractivity contribution in [3.63, 3.8) is 0 Å². The number of halogens is 5. The third-order valence-electron chi connectivity index (χ3n) is 5.91. The summed E-state index contributed by atoms with van der Waals surface area (Å²) in [4.78, 5) is 22.8. The third kappa shape index (κ3) is 5.44. The number of fused-ring (bicyclic) bond motifs is 3. The van der Waals surface area contributed by atoms with Crippen LogP contribution in [0.3, 0.4) is 0 Å². The Kier molecular flexibility index (Phi) is 6.91. The van der Waals surface area contributed by atoms with E-state index in [4.69, 9.17) is 15.6 Å². The number of aromatic nitrogens is 4. The first-order valence-corrected chi connectivity index (χ1v) is 10.9. The highest BCUT2D eigenvalue weighted by Gasteiger charge is 2.29. The van der Waals surface area contributed by atoms with Gasteiger partial charge in [-0.2, -0.15) is 17.6 Å². The Morgan fingerprint density at radius 1 is 1.19 bits per heavy atom. The Morgan fingerprint density at radius 2 is 1.89 bits per heavy atom. The minimum absolute atomic E-state index is 0.261. The van der Waals surface area contributed by atoms with Gasteiger partial charge in [0.2, 0.25) is 5.65 Å². The summed E-state index contributed by atoms with van der Waals surface area (Å²) in [5, 5.41) is 9.50. The minimum Gasteiger partial charge on any atom is -0.542 e. The molecule has 0 saturated carbocycles. The molecule has 5 rings (SSSR count). The van der Waals surface area contributed by atoms with Gasteiger partial charge in [-0.25, -0.2) is 13.8 Å². The number of para-hydroxylation sites is 1. The quantitative estimate of drug-likeness (QED) is 0.324. The summed E-state index contributed by atoms with van der Waals surface area (Å²) in [6.45, 7) is 1.77. The number of carbonyl (C=O) groups is 1. The molecule has 0 spiro atoms. The van der Waals surface area contributed by atoms with Crippen LogP contribution in [0.1, 0.15) is 18.5 Å². The maximum absolute atomic E-state index is 14.1. The van der Waals surface area contributed by atoms with E-state index in [-0.39, 0.29) is 23.1 Å². The van der Waals surface area contributed by atoms with Crippen molar-refractivity contribution < 1.29 is 36.3 Å². The fourth-order valence-electron chi connectivity index (χ4n) is 4.17. The number of carboxylic acids is 1. The van der Waals surface area contributed by atoms with E-state index in [2.05, 4.69) is 19.9 Å². The molecular formula is C23H21F5N6O2. The van der Waals surface area contributed by atoms with Crippen molar-refractivity contribution >= 4 is 34.3 Å². The molecule has 190 valence electrons. The van der Waals surface area contributed by atoms with Crippen LogP contribution in [0.15, 0.2) is 42.7 Å². The van der Waals surface area contributed by atoms with Gasteiger partial charge >= 0.3 is 12.1 Å². The van der Waals surface area contributed by atoms with Gasteiger partial charge in [0.05, 0.1) is 23.5 Å². The number of piperidine rings is 1. The number of benzene rings is 1. The average Bonchev–Trinajstić information content (AvgIpc) is 3.26. The number of hydrogen-bond acceptors (Lipinski definition) is 6. The molecule has 1 aliphatic rings. The monoisotopic (exact) mass is 508 g/mol. The number of rotatable bonds is 3. The van der Waals surface area contributed by atoms with Crippen molar-refractivity contribution in [3.05, 3.63) is 60.1 Å². The first kappa shape index (κ1) is 25.1. The fraction of sp³-hybridized carbons (Fsp3) is 0.304. The summed E-state index contributed by atoms with van der Waals surface area (Å²) in [6.07, 6.45) is 0.928. The number of imidazole rings is 1. The van der Waals surface area contributed by atoms with Crippen LogP contribution >= 0.6 is 0 Å². The number of anilines is 2. The molecule has 0 bridgehead atoms. The molecule has 36 heavy (non-hydrogen) atoms. The molecule has 4 heterocycles. The van der Waals surface area contributed by atoms with E-state index >= 15 is 0 Å². The van der Waals surface area contributed by atoms with Gasteiger partial charge in [-0.3, -0.25) is 4.98 Å². The Hall–Kier alpha value is -4.03. The Labute approximate surface area is 201 Å². The highest BCUT2D eigenvalue weighted by molar-refractivity contribution is 5.90. The van der Waals surface area contributed by atoms with Crippen molar-refractivity contribution in [2.75, 3.05) is 23.7 Å². The lowest BCUT2D eigenvalue weighted by Gasteiger charge is -2.32. The number of aliphatic carboxylic acids is 1. The van der Waals surface area contributed by atoms with E-state index in [1.165, 1.54) is 18.3 Å². The molecule has 1 aliphatic heterocycles. The third-order valence-corrected chi connectivity index (χ3v) is 5.91. The van der Waals surface area contributed by atoms with Crippen molar-refractivity contribution in [1.82, 2.24) is 15.0 Å². The summed E-state index contributed by atoms with van der Waals surface area (Å²) < 4.78 is 60.5. The maximum atomic E-state index is 14.1. The van der Waals surface area contributed by atoms with E-state index in [0.717, 1.165) is 49.5 Å². The molecule has 1 saturated heterocycles. The number of nitrogens with two attached hydrogens (primary N) is 1. The number of pyridine rings is 1. The number of nitrogens with one attached hydrogen (secondary N) is 1. The number of nitrogens with zero attached hydrogens (tertiary/aromatic N) is 4. The van der Waals surface area contributed by atoms with E-state index in [1.807, 2.05) is 12.3 Å². The Bertz CT molecular complexity index is 1380. The zero-order valence-corrected chi connectivity index (χ0v) is 18.7. The number of alkyl halides is 3. The molecule has 1 fully saturated rings. The number of nitrogen functional groups attached to an aromatic ring is 1. The van der Waals surface area contributed by atoms with E-state index in [1.54, 1.807) is 16.5 Å².